The summed E-state index contributed by atoms with van der Waals surface area (Å²) in [6.07, 6.45) is 0. The number of rotatable bonds is 1. The molecule has 26 heavy (non-hydrogen) atoms. The van der Waals surface area contributed by atoms with Crippen molar-refractivity contribution in [2.24, 2.45) is 0 Å². The van der Waals surface area contributed by atoms with E-state index in [1.165, 1.54) is 21.9 Å². The molecule has 0 aliphatic carbocycles. The highest BCUT2D eigenvalue weighted by Gasteiger charge is 2.14. The van der Waals surface area contributed by atoms with E-state index in [0.717, 1.165) is 27.1 Å². The molecule has 0 spiro atoms. The van der Waals surface area contributed by atoms with Gasteiger partial charge in [-0.25, -0.2) is 0 Å². The molecule has 0 saturated heterocycles. The summed E-state index contributed by atoms with van der Waals surface area (Å²) >= 11 is 0. The fourth-order valence-corrected chi connectivity index (χ4v) is 3.90. The summed E-state index contributed by atoms with van der Waals surface area (Å²) < 4.78 is 0. The molecule has 5 rings (SSSR count). The highest BCUT2D eigenvalue weighted by atomic mass is 14.3. The van der Waals surface area contributed by atoms with E-state index in [-0.39, 0.29) is 0 Å². The average Bonchev–Trinajstić information content (AvgIpc) is 2.71. The minimum atomic E-state index is 0.751. The van der Waals surface area contributed by atoms with E-state index < -0.39 is 0 Å². The fraction of sp³-hybridized carbons (Fsp3) is 0. The van der Waals surface area contributed by atoms with E-state index in [1.807, 2.05) is 36.4 Å². The predicted octanol–water partition coefficient (Wildman–Crippen LogP) is 6.68. The van der Waals surface area contributed by atoms with Gasteiger partial charge in [-0.1, -0.05) is 84.9 Å². The summed E-state index contributed by atoms with van der Waals surface area (Å²) in [6, 6.07) is 33.9. The third-order valence-electron chi connectivity index (χ3n) is 5.08. The molecule has 0 saturated carbocycles. The van der Waals surface area contributed by atoms with Crippen LogP contribution in [0.2, 0.25) is 0 Å². The summed E-state index contributed by atoms with van der Waals surface area (Å²) in [6.45, 7) is 0. The van der Waals surface area contributed by atoms with Gasteiger partial charge >= 0.3 is 0 Å². The smallest absolute Gasteiger partial charge is 0.100 e. The Morgan fingerprint density at radius 3 is 1.69 bits per heavy atom. The summed E-state index contributed by atoms with van der Waals surface area (Å²) in [5, 5.41) is 16.5. The van der Waals surface area contributed by atoms with Crippen LogP contribution in [0.4, 0.5) is 0 Å². The van der Waals surface area contributed by atoms with Crippen molar-refractivity contribution in [3.05, 3.63) is 96.6 Å². The maximum Gasteiger partial charge on any atom is 0.100 e. The first-order valence-electron chi connectivity index (χ1n) is 8.69. The highest BCUT2D eigenvalue weighted by Crippen LogP contribution is 2.39. The Bertz CT molecular complexity index is 1280. The Kier molecular flexibility index (Phi) is 3.23. The lowest BCUT2D eigenvalue weighted by Crippen LogP contribution is -1.90. The Morgan fingerprint density at radius 1 is 0.538 bits per heavy atom. The van der Waals surface area contributed by atoms with E-state index in [1.54, 1.807) is 0 Å². The molecule has 0 aliphatic heterocycles. The SMILES string of the molecule is N#Cc1c2ccccc2c(-c2ccc3ccccc3c2)c2ccccc12. The van der Waals surface area contributed by atoms with E-state index in [4.69, 9.17) is 0 Å². The lowest BCUT2D eigenvalue weighted by atomic mass is 9.88. The Balaban J connectivity index is 1.99. The molecule has 0 N–H and O–H groups in total. The van der Waals surface area contributed by atoms with Crippen LogP contribution in [0, 0.1) is 11.3 Å². The zero-order chi connectivity index (χ0) is 17.5. The molecule has 0 aromatic heterocycles. The third kappa shape index (κ3) is 2.10. The maximum atomic E-state index is 9.79. The van der Waals surface area contributed by atoms with Crippen LogP contribution >= 0.6 is 0 Å². The van der Waals surface area contributed by atoms with Crippen LogP contribution in [0.15, 0.2) is 91.0 Å². The summed E-state index contributed by atoms with van der Waals surface area (Å²) in [4.78, 5) is 0. The number of benzene rings is 5. The Hall–Kier alpha value is -3.63. The van der Waals surface area contributed by atoms with Gasteiger partial charge in [0.15, 0.2) is 0 Å². The quantitative estimate of drug-likeness (QED) is 0.314. The van der Waals surface area contributed by atoms with Crippen molar-refractivity contribution in [3.8, 4) is 17.2 Å². The molecular formula is C25H15N. The highest BCUT2D eigenvalue weighted by molar-refractivity contribution is 6.16. The molecule has 0 bridgehead atoms. The molecule has 1 nitrogen and oxygen atoms in total. The summed E-state index contributed by atoms with van der Waals surface area (Å²) in [5.74, 6) is 0. The van der Waals surface area contributed by atoms with E-state index in [0.29, 0.717) is 0 Å². The molecule has 1 heteroatoms. The molecule has 0 atom stereocenters. The van der Waals surface area contributed by atoms with Crippen molar-refractivity contribution in [3.63, 3.8) is 0 Å². The molecular weight excluding hydrogens is 314 g/mol. The van der Waals surface area contributed by atoms with Crippen LogP contribution in [-0.4, -0.2) is 0 Å². The Morgan fingerprint density at radius 2 is 1.08 bits per heavy atom. The van der Waals surface area contributed by atoms with E-state index in [9.17, 15) is 5.26 Å². The lowest BCUT2D eigenvalue weighted by molar-refractivity contribution is 1.51. The standard InChI is InChI=1S/C25H15N/c26-16-24-20-9-3-5-11-22(20)25(23-12-6-4-10-21(23)24)19-14-13-17-7-1-2-8-18(17)15-19/h1-15H. The molecule has 120 valence electrons. The van der Waals surface area contributed by atoms with Crippen molar-refractivity contribution in [2.75, 3.05) is 0 Å². The molecule has 0 amide bonds. The van der Waals surface area contributed by atoms with Crippen molar-refractivity contribution in [1.82, 2.24) is 0 Å². The second kappa shape index (κ2) is 5.72. The third-order valence-corrected chi connectivity index (χ3v) is 5.08. The van der Waals surface area contributed by atoms with Crippen molar-refractivity contribution in [1.29, 1.82) is 5.26 Å². The van der Waals surface area contributed by atoms with Gasteiger partial charge in [0.05, 0.1) is 5.56 Å². The largest absolute Gasteiger partial charge is 0.192 e. The van der Waals surface area contributed by atoms with Crippen LogP contribution in [0.25, 0.3) is 43.4 Å². The number of nitrogens with zero attached hydrogens (tertiary/aromatic N) is 1. The van der Waals surface area contributed by atoms with Crippen LogP contribution in [-0.2, 0) is 0 Å². The Labute approximate surface area is 151 Å². The molecule has 5 aromatic carbocycles. The average molecular weight is 329 g/mol. The van der Waals surface area contributed by atoms with Gasteiger partial charge in [0.2, 0.25) is 0 Å². The zero-order valence-electron chi connectivity index (χ0n) is 14.1. The molecule has 0 fully saturated rings. The van der Waals surface area contributed by atoms with Gasteiger partial charge in [-0.2, -0.15) is 5.26 Å². The van der Waals surface area contributed by atoms with Gasteiger partial charge in [-0.05, 0) is 38.7 Å². The molecule has 0 aliphatic rings. The van der Waals surface area contributed by atoms with Crippen LogP contribution < -0.4 is 0 Å². The topological polar surface area (TPSA) is 23.8 Å². The minimum Gasteiger partial charge on any atom is -0.192 e. The van der Waals surface area contributed by atoms with Crippen molar-refractivity contribution >= 4 is 32.3 Å². The lowest BCUT2D eigenvalue weighted by Gasteiger charge is -2.14. The fourth-order valence-electron chi connectivity index (χ4n) is 3.90. The zero-order valence-corrected chi connectivity index (χ0v) is 14.1. The van der Waals surface area contributed by atoms with Crippen LogP contribution in [0.3, 0.4) is 0 Å². The number of hydrogen-bond donors (Lipinski definition) is 0. The van der Waals surface area contributed by atoms with Crippen molar-refractivity contribution < 1.29 is 0 Å². The second-order valence-corrected chi connectivity index (χ2v) is 6.51. The van der Waals surface area contributed by atoms with Gasteiger partial charge in [-0.3, -0.25) is 0 Å². The van der Waals surface area contributed by atoms with Crippen molar-refractivity contribution in [2.45, 2.75) is 0 Å². The summed E-state index contributed by atoms with van der Waals surface area (Å²) in [7, 11) is 0. The summed E-state index contributed by atoms with van der Waals surface area (Å²) in [5.41, 5.74) is 3.13. The second-order valence-electron chi connectivity index (χ2n) is 6.51. The van der Waals surface area contributed by atoms with Crippen LogP contribution in [0.1, 0.15) is 5.56 Å². The number of nitriles is 1. The van der Waals surface area contributed by atoms with Gasteiger partial charge in [0.1, 0.15) is 6.07 Å². The predicted molar refractivity (Wildman–Crippen MR) is 109 cm³/mol. The first kappa shape index (κ1) is 14.7. The first-order valence-corrected chi connectivity index (χ1v) is 8.69. The molecule has 0 unspecified atom stereocenters. The monoisotopic (exact) mass is 329 g/mol. The van der Waals surface area contributed by atoms with Gasteiger partial charge in [-0.15, -0.1) is 0 Å². The van der Waals surface area contributed by atoms with E-state index >= 15 is 0 Å². The van der Waals surface area contributed by atoms with Gasteiger partial charge in [0.25, 0.3) is 0 Å². The first-order chi connectivity index (χ1) is 12.9. The normalized spacial score (nSPS) is 11.0. The van der Waals surface area contributed by atoms with Gasteiger partial charge < -0.3 is 0 Å². The molecule has 5 aromatic rings. The molecule has 0 heterocycles. The van der Waals surface area contributed by atoms with Gasteiger partial charge in [0, 0.05) is 10.8 Å². The van der Waals surface area contributed by atoms with Crippen LogP contribution in [0.5, 0.6) is 0 Å². The maximum absolute atomic E-state index is 9.79. The number of fused-ring (bicyclic) bond motifs is 3. The molecule has 0 radical (unpaired) electrons. The number of hydrogen-bond acceptors (Lipinski definition) is 1. The minimum absolute atomic E-state index is 0.751. The van der Waals surface area contributed by atoms with E-state index in [2.05, 4.69) is 60.7 Å².